The maximum atomic E-state index is 12.4. The fourth-order valence-corrected chi connectivity index (χ4v) is 2.14. The van der Waals surface area contributed by atoms with Crippen molar-refractivity contribution in [2.24, 2.45) is 0 Å². The van der Waals surface area contributed by atoms with Crippen molar-refractivity contribution in [3.63, 3.8) is 0 Å². The third-order valence-corrected chi connectivity index (χ3v) is 3.44. The third kappa shape index (κ3) is 7.57. The number of carbonyl (C=O) groups excluding carboxylic acids is 3. The van der Waals surface area contributed by atoms with E-state index in [1.165, 1.54) is 0 Å². The van der Waals surface area contributed by atoms with Crippen LogP contribution in [0, 0.1) is 0 Å². The summed E-state index contributed by atoms with van der Waals surface area (Å²) in [5, 5.41) is 6.73. The molecule has 0 aliphatic heterocycles. The second-order valence-corrected chi connectivity index (χ2v) is 7.20. The molecule has 1 aromatic heterocycles. The van der Waals surface area contributed by atoms with E-state index in [-0.39, 0.29) is 22.8 Å². The molecule has 0 aliphatic carbocycles. The normalized spacial score (nSPS) is 11.4. The zero-order valence-corrected chi connectivity index (χ0v) is 16.8. The number of halogens is 3. The Bertz CT molecular complexity index is 956. The number of ether oxygens (including phenoxy) is 1. The van der Waals surface area contributed by atoms with Gasteiger partial charge in [-0.2, -0.15) is 13.2 Å². The summed E-state index contributed by atoms with van der Waals surface area (Å²) >= 11 is 0. The third-order valence-electron chi connectivity index (χ3n) is 3.44. The average Bonchev–Trinajstić information content (AvgIpc) is 2.65. The van der Waals surface area contributed by atoms with Crippen molar-refractivity contribution < 1.29 is 32.3 Å². The molecular weight excluding hydrogens is 419 g/mol. The average molecular weight is 439 g/mol. The summed E-state index contributed by atoms with van der Waals surface area (Å²) in [6.45, 7) is 4.61. The van der Waals surface area contributed by atoms with Crippen LogP contribution in [-0.4, -0.2) is 39.7 Å². The highest BCUT2D eigenvalue weighted by molar-refractivity contribution is 6.05. The molecule has 1 heterocycles. The highest BCUT2D eigenvalue weighted by Crippen LogP contribution is 2.22. The first-order valence-electron chi connectivity index (χ1n) is 8.91. The van der Waals surface area contributed by atoms with E-state index in [1.807, 2.05) is 0 Å². The Morgan fingerprint density at radius 2 is 1.58 bits per heavy atom. The van der Waals surface area contributed by atoms with Gasteiger partial charge in [0.1, 0.15) is 11.3 Å². The number of amides is 3. The molecule has 0 aliphatic rings. The number of carbonyl (C=O) groups is 3. The SMILES string of the molecule is CC(C)(C)OC(=O)Nc1ccccc1NC(=O)c1cnc(CNC(=O)C(F)(F)F)cn1. The van der Waals surface area contributed by atoms with E-state index in [0.717, 1.165) is 12.4 Å². The first-order chi connectivity index (χ1) is 14.3. The van der Waals surface area contributed by atoms with E-state index in [9.17, 15) is 27.6 Å². The van der Waals surface area contributed by atoms with E-state index in [4.69, 9.17) is 4.74 Å². The van der Waals surface area contributed by atoms with Crippen LogP contribution in [0.3, 0.4) is 0 Å². The van der Waals surface area contributed by atoms with Gasteiger partial charge >= 0.3 is 18.2 Å². The smallest absolute Gasteiger partial charge is 0.444 e. The molecule has 0 spiro atoms. The second-order valence-electron chi connectivity index (χ2n) is 7.20. The first-order valence-corrected chi connectivity index (χ1v) is 8.91. The molecule has 9 nitrogen and oxygen atoms in total. The van der Waals surface area contributed by atoms with E-state index in [1.54, 1.807) is 50.4 Å². The van der Waals surface area contributed by atoms with Crippen molar-refractivity contribution in [3.8, 4) is 0 Å². The fraction of sp³-hybridized carbons (Fsp3) is 0.316. The van der Waals surface area contributed by atoms with Gasteiger partial charge in [0.15, 0.2) is 0 Å². The topological polar surface area (TPSA) is 122 Å². The number of hydrogen-bond acceptors (Lipinski definition) is 6. The van der Waals surface area contributed by atoms with Crippen LogP contribution in [0.4, 0.5) is 29.3 Å². The van der Waals surface area contributed by atoms with Crippen molar-refractivity contribution in [3.05, 3.63) is 48.0 Å². The van der Waals surface area contributed by atoms with Crippen molar-refractivity contribution in [2.75, 3.05) is 10.6 Å². The van der Waals surface area contributed by atoms with Crippen LogP contribution in [0.5, 0.6) is 0 Å². The predicted octanol–water partition coefficient (Wildman–Crippen LogP) is 3.25. The quantitative estimate of drug-likeness (QED) is 0.657. The maximum Gasteiger partial charge on any atom is 0.471 e. The summed E-state index contributed by atoms with van der Waals surface area (Å²) in [5.74, 6) is -2.78. The summed E-state index contributed by atoms with van der Waals surface area (Å²) in [6.07, 6.45) is -3.60. The Morgan fingerprint density at radius 1 is 0.968 bits per heavy atom. The van der Waals surface area contributed by atoms with Gasteiger partial charge in [0.2, 0.25) is 0 Å². The summed E-state index contributed by atoms with van der Waals surface area (Å²) in [5.41, 5.74) is -0.260. The van der Waals surface area contributed by atoms with Crippen molar-refractivity contribution in [1.29, 1.82) is 0 Å². The van der Waals surface area contributed by atoms with Gasteiger partial charge in [0.25, 0.3) is 5.91 Å². The monoisotopic (exact) mass is 439 g/mol. The lowest BCUT2D eigenvalue weighted by atomic mass is 10.2. The molecule has 0 atom stereocenters. The molecule has 0 saturated heterocycles. The van der Waals surface area contributed by atoms with Gasteiger partial charge in [0.05, 0.1) is 36.0 Å². The summed E-state index contributed by atoms with van der Waals surface area (Å²) < 4.78 is 41.7. The van der Waals surface area contributed by atoms with Gasteiger partial charge in [-0.15, -0.1) is 0 Å². The van der Waals surface area contributed by atoms with Crippen molar-refractivity contribution in [2.45, 2.75) is 39.1 Å². The number of benzene rings is 1. The van der Waals surface area contributed by atoms with Crippen LogP contribution in [0.2, 0.25) is 0 Å². The Hall–Kier alpha value is -3.70. The van der Waals surface area contributed by atoms with Crippen molar-refractivity contribution >= 4 is 29.3 Å². The molecular formula is C19H20F3N5O4. The lowest BCUT2D eigenvalue weighted by Gasteiger charge is -2.20. The lowest BCUT2D eigenvalue weighted by Crippen LogP contribution is -2.36. The number of aromatic nitrogens is 2. The molecule has 166 valence electrons. The van der Waals surface area contributed by atoms with Crippen LogP contribution in [-0.2, 0) is 16.1 Å². The standard InChI is InChI=1S/C19H20F3N5O4/c1-18(2,3)31-17(30)27-13-7-5-4-6-12(13)26-15(28)14-10-23-11(8-24-14)9-25-16(29)19(20,21)22/h4-8,10H,9H2,1-3H3,(H,25,29)(H,26,28)(H,27,30). The minimum atomic E-state index is -5.01. The number of nitrogens with zero attached hydrogens (tertiary/aromatic N) is 2. The molecule has 0 saturated carbocycles. The van der Waals surface area contributed by atoms with Crippen molar-refractivity contribution in [1.82, 2.24) is 15.3 Å². The van der Waals surface area contributed by atoms with Gasteiger partial charge in [0, 0.05) is 0 Å². The number of nitrogens with one attached hydrogen (secondary N) is 3. The molecule has 1 aromatic carbocycles. The van der Waals surface area contributed by atoms with Crippen LogP contribution < -0.4 is 16.0 Å². The van der Waals surface area contributed by atoms with Gasteiger partial charge in [-0.05, 0) is 32.9 Å². The number of rotatable bonds is 5. The number of anilines is 2. The fourth-order valence-electron chi connectivity index (χ4n) is 2.14. The molecule has 0 radical (unpaired) electrons. The van der Waals surface area contributed by atoms with Gasteiger partial charge in [-0.1, -0.05) is 12.1 Å². The highest BCUT2D eigenvalue weighted by atomic mass is 19.4. The Kier molecular flexibility index (Phi) is 7.16. The van der Waals surface area contributed by atoms with E-state index in [0.29, 0.717) is 0 Å². The summed E-state index contributed by atoms with van der Waals surface area (Å²) in [7, 11) is 0. The predicted molar refractivity (Wildman–Crippen MR) is 104 cm³/mol. The van der Waals surface area contributed by atoms with Gasteiger partial charge < -0.3 is 15.4 Å². The van der Waals surface area contributed by atoms with Gasteiger partial charge in [-0.25, -0.2) is 9.78 Å². The molecule has 0 unspecified atom stereocenters. The van der Waals surface area contributed by atoms with E-state index < -0.39 is 36.2 Å². The second kappa shape index (κ2) is 9.41. The van der Waals surface area contributed by atoms with E-state index >= 15 is 0 Å². The van der Waals surface area contributed by atoms with E-state index in [2.05, 4.69) is 20.6 Å². The molecule has 3 N–H and O–H groups in total. The molecule has 2 rings (SSSR count). The molecule has 3 amide bonds. The lowest BCUT2D eigenvalue weighted by molar-refractivity contribution is -0.173. The number of para-hydroxylation sites is 2. The Balaban J connectivity index is 2.02. The first kappa shape index (κ1) is 23.6. The minimum absolute atomic E-state index is 0.0288. The largest absolute Gasteiger partial charge is 0.471 e. The molecule has 12 heteroatoms. The Labute approximate surface area is 175 Å². The maximum absolute atomic E-state index is 12.4. The molecule has 0 bridgehead atoms. The zero-order chi connectivity index (χ0) is 23.2. The summed E-state index contributed by atoms with van der Waals surface area (Å²) in [6, 6.07) is 6.37. The van der Waals surface area contributed by atoms with Crippen LogP contribution in [0.15, 0.2) is 36.7 Å². The van der Waals surface area contributed by atoms with Crippen LogP contribution >= 0.6 is 0 Å². The summed E-state index contributed by atoms with van der Waals surface area (Å²) in [4.78, 5) is 42.9. The van der Waals surface area contributed by atoms with Crippen LogP contribution in [0.1, 0.15) is 37.0 Å². The number of alkyl halides is 3. The molecule has 2 aromatic rings. The molecule has 0 fully saturated rings. The molecule has 31 heavy (non-hydrogen) atoms. The zero-order valence-electron chi connectivity index (χ0n) is 16.8. The van der Waals surface area contributed by atoms with Gasteiger partial charge in [-0.3, -0.25) is 19.9 Å². The Morgan fingerprint density at radius 3 is 2.10 bits per heavy atom. The number of hydrogen-bond donors (Lipinski definition) is 3. The van der Waals surface area contributed by atoms with Crippen LogP contribution in [0.25, 0.3) is 0 Å². The highest BCUT2D eigenvalue weighted by Gasteiger charge is 2.38. The minimum Gasteiger partial charge on any atom is -0.444 e.